The van der Waals surface area contributed by atoms with E-state index in [1.54, 1.807) is 0 Å². The maximum absolute atomic E-state index is 5.57. The minimum Gasteiger partial charge on any atom is -0.208 e. The Balaban J connectivity index is 1.16. The van der Waals surface area contributed by atoms with E-state index in [2.05, 4.69) is 200 Å². The van der Waals surface area contributed by atoms with Crippen molar-refractivity contribution in [2.45, 2.75) is 0 Å². The lowest BCUT2D eigenvalue weighted by atomic mass is 9.89. The summed E-state index contributed by atoms with van der Waals surface area (Å²) in [6.07, 6.45) is 0. The molecule has 0 unspecified atom stereocenters. The lowest BCUT2D eigenvalue weighted by Crippen LogP contribution is -2.02. The maximum Gasteiger partial charge on any atom is 0.165 e. The molecule has 61 heavy (non-hydrogen) atoms. The molecular weight excluding hydrogens is 759 g/mol. The van der Waals surface area contributed by atoms with Crippen molar-refractivity contribution in [1.29, 1.82) is 0 Å². The van der Waals surface area contributed by atoms with Gasteiger partial charge in [-0.2, -0.15) is 0 Å². The van der Waals surface area contributed by atoms with Gasteiger partial charge in [-0.25, -0.2) is 15.0 Å². The molecule has 2 aromatic heterocycles. The van der Waals surface area contributed by atoms with Crippen molar-refractivity contribution >= 4 is 96.1 Å². The van der Waals surface area contributed by atoms with E-state index in [-0.39, 0.29) is 0 Å². The standard InChI is InChI=1S/C57H33N3S/c1-2-16-39-32-50-49(31-38(39)15-1)53-51(61-50)33-48-45-23-8-7-21-43(45)44-22-9-10-24-46(44)52(48)54(53)57-59-55(58-56(60-57)47-26-12-18-35-14-4-6-20-42(35)47)37-29-27-36(28-30-37)41-25-11-17-34-13-3-5-19-40(34)41/h1-33H. The van der Waals surface area contributed by atoms with Crippen molar-refractivity contribution in [3.8, 4) is 45.3 Å². The predicted octanol–water partition coefficient (Wildman–Crippen LogP) is 15.8. The average molecular weight is 792 g/mol. The van der Waals surface area contributed by atoms with E-state index in [4.69, 9.17) is 15.0 Å². The van der Waals surface area contributed by atoms with Gasteiger partial charge in [-0.05, 0) is 88.6 Å². The number of aromatic nitrogens is 3. The molecular formula is C57H33N3S. The molecule has 2 heterocycles. The third-order valence-electron chi connectivity index (χ3n) is 12.5. The summed E-state index contributed by atoms with van der Waals surface area (Å²) in [5.41, 5.74) is 5.29. The van der Waals surface area contributed by atoms with E-state index in [1.807, 2.05) is 11.3 Å². The van der Waals surface area contributed by atoms with E-state index >= 15 is 0 Å². The summed E-state index contributed by atoms with van der Waals surface area (Å²) in [4.78, 5) is 16.5. The SMILES string of the molecule is c1ccc2cc3c(cc2c1)sc1cc2c4ccccc4c4ccccc4c2c(-c2nc(-c4ccc(-c5cccc6ccccc56)cc4)nc(-c4cccc5ccccc45)n2)c13. The predicted molar refractivity (Wildman–Crippen MR) is 259 cm³/mol. The molecule has 282 valence electrons. The average Bonchev–Trinajstić information content (AvgIpc) is 3.69. The van der Waals surface area contributed by atoms with Gasteiger partial charge >= 0.3 is 0 Å². The Morgan fingerprint density at radius 3 is 1.48 bits per heavy atom. The number of hydrogen-bond acceptors (Lipinski definition) is 4. The van der Waals surface area contributed by atoms with Gasteiger partial charge in [-0.1, -0.05) is 182 Å². The molecule has 0 spiro atoms. The van der Waals surface area contributed by atoms with Gasteiger partial charge in [-0.3, -0.25) is 0 Å². The van der Waals surface area contributed by atoms with Crippen LogP contribution in [-0.4, -0.2) is 15.0 Å². The first-order valence-electron chi connectivity index (χ1n) is 20.7. The van der Waals surface area contributed by atoms with E-state index in [1.165, 1.54) is 74.2 Å². The zero-order valence-electron chi connectivity index (χ0n) is 32.8. The Bertz CT molecular complexity index is 3930. The van der Waals surface area contributed by atoms with E-state index < -0.39 is 0 Å². The van der Waals surface area contributed by atoms with Crippen molar-refractivity contribution in [3.63, 3.8) is 0 Å². The van der Waals surface area contributed by atoms with E-state index in [9.17, 15) is 0 Å². The second-order valence-corrected chi connectivity index (χ2v) is 17.0. The summed E-state index contributed by atoms with van der Waals surface area (Å²) >= 11 is 1.85. The molecule has 0 atom stereocenters. The molecule has 0 saturated carbocycles. The number of rotatable bonds is 4. The maximum atomic E-state index is 5.57. The van der Waals surface area contributed by atoms with Crippen molar-refractivity contribution < 1.29 is 0 Å². The smallest absolute Gasteiger partial charge is 0.165 e. The second-order valence-electron chi connectivity index (χ2n) is 15.9. The summed E-state index contributed by atoms with van der Waals surface area (Å²) in [5.74, 6) is 1.95. The van der Waals surface area contributed by atoms with Crippen LogP contribution in [0.1, 0.15) is 0 Å². The van der Waals surface area contributed by atoms with Crippen molar-refractivity contribution in [1.82, 2.24) is 15.0 Å². The topological polar surface area (TPSA) is 38.7 Å². The molecule has 0 bridgehead atoms. The van der Waals surface area contributed by atoms with E-state index in [0.29, 0.717) is 17.5 Å². The van der Waals surface area contributed by atoms with Crippen LogP contribution in [0.4, 0.5) is 0 Å². The Morgan fingerprint density at radius 1 is 0.279 bits per heavy atom. The van der Waals surface area contributed by atoms with Crippen molar-refractivity contribution in [3.05, 3.63) is 200 Å². The molecule has 3 nitrogen and oxygen atoms in total. The summed E-state index contributed by atoms with van der Waals surface area (Å²) < 4.78 is 2.45. The van der Waals surface area contributed by atoms with Gasteiger partial charge in [0.05, 0.1) is 0 Å². The Labute approximate surface area is 354 Å². The fourth-order valence-electron chi connectivity index (χ4n) is 9.66. The largest absolute Gasteiger partial charge is 0.208 e. The first kappa shape index (κ1) is 34.1. The summed E-state index contributed by atoms with van der Waals surface area (Å²) in [7, 11) is 0. The highest BCUT2D eigenvalue weighted by atomic mass is 32.1. The minimum absolute atomic E-state index is 0.637. The molecule has 11 aromatic carbocycles. The minimum atomic E-state index is 0.637. The van der Waals surface area contributed by atoms with Gasteiger partial charge in [0.2, 0.25) is 0 Å². The molecule has 0 N–H and O–H groups in total. The van der Waals surface area contributed by atoms with Crippen LogP contribution in [-0.2, 0) is 0 Å². The van der Waals surface area contributed by atoms with Crippen molar-refractivity contribution in [2.24, 2.45) is 0 Å². The van der Waals surface area contributed by atoms with Gasteiger partial charge in [-0.15, -0.1) is 11.3 Å². The normalized spacial score (nSPS) is 11.9. The van der Waals surface area contributed by atoms with Gasteiger partial charge in [0.25, 0.3) is 0 Å². The van der Waals surface area contributed by atoms with Crippen LogP contribution in [0.15, 0.2) is 200 Å². The molecule has 0 aliphatic heterocycles. The fourth-order valence-corrected chi connectivity index (χ4v) is 10.8. The highest BCUT2D eigenvalue weighted by Gasteiger charge is 2.24. The van der Waals surface area contributed by atoms with Crippen LogP contribution < -0.4 is 0 Å². The molecule has 0 saturated heterocycles. The number of benzene rings is 11. The van der Waals surface area contributed by atoms with Crippen LogP contribution in [0.2, 0.25) is 0 Å². The van der Waals surface area contributed by atoms with Crippen LogP contribution in [0.3, 0.4) is 0 Å². The summed E-state index contributed by atoms with van der Waals surface area (Å²) in [6.45, 7) is 0. The second kappa shape index (κ2) is 13.4. The lowest BCUT2D eigenvalue weighted by molar-refractivity contribution is 1.08. The molecule has 13 aromatic rings. The molecule has 0 aliphatic rings. The first-order valence-corrected chi connectivity index (χ1v) is 21.5. The van der Waals surface area contributed by atoms with Gasteiger partial charge in [0, 0.05) is 42.2 Å². The zero-order chi connectivity index (χ0) is 40.0. The Morgan fingerprint density at radius 2 is 0.770 bits per heavy atom. The molecule has 0 radical (unpaired) electrons. The molecule has 0 aliphatic carbocycles. The molecule has 4 heteroatoms. The summed E-state index contributed by atoms with van der Waals surface area (Å²) in [6, 6.07) is 72.1. The number of nitrogens with zero attached hydrogens (tertiary/aromatic N) is 3. The lowest BCUT2D eigenvalue weighted by Gasteiger charge is -2.17. The third-order valence-corrected chi connectivity index (χ3v) is 13.6. The van der Waals surface area contributed by atoms with Gasteiger partial charge in [0.15, 0.2) is 17.5 Å². The molecule has 0 amide bonds. The van der Waals surface area contributed by atoms with Crippen LogP contribution in [0, 0.1) is 0 Å². The van der Waals surface area contributed by atoms with Gasteiger partial charge in [0.1, 0.15) is 0 Å². The zero-order valence-corrected chi connectivity index (χ0v) is 33.6. The summed E-state index contributed by atoms with van der Waals surface area (Å²) in [5, 5.41) is 16.7. The third kappa shape index (κ3) is 5.33. The number of hydrogen-bond donors (Lipinski definition) is 0. The van der Waals surface area contributed by atoms with Crippen LogP contribution >= 0.6 is 11.3 Å². The highest BCUT2D eigenvalue weighted by Crippen LogP contribution is 2.49. The van der Waals surface area contributed by atoms with E-state index in [0.717, 1.165) is 38.4 Å². The highest BCUT2D eigenvalue weighted by molar-refractivity contribution is 7.26. The number of thiophene rings is 1. The van der Waals surface area contributed by atoms with Gasteiger partial charge < -0.3 is 0 Å². The Kier molecular flexibility index (Phi) is 7.47. The van der Waals surface area contributed by atoms with Crippen LogP contribution in [0.5, 0.6) is 0 Å². The van der Waals surface area contributed by atoms with Crippen molar-refractivity contribution in [2.75, 3.05) is 0 Å². The monoisotopic (exact) mass is 791 g/mol. The van der Waals surface area contributed by atoms with Crippen LogP contribution in [0.25, 0.3) is 130 Å². The molecule has 13 rings (SSSR count). The molecule has 0 fully saturated rings. The quantitative estimate of drug-likeness (QED) is 0.167. The Hall–Kier alpha value is -7.79. The number of fused-ring (bicyclic) bond motifs is 12. The first-order chi connectivity index (χ1) is 30.2. The fraction of sp³-hybridized carbons (Fsp3) is 0.